The molecule has 0 fully saturated rings. The molecule has 0 aromatic rings. The average molecular weight is 141 g/mol. The lowest BCUT2D eigenvalue weighted by Crippen LogP contribution is -2.46. The van der Waals surface area contributed by atoms with Gasteiger partial charge in [-0.15, -0.1) is 6.58 Å². The number of carbonyl (C=O) groups excluding carboxylic acids is 1. The van der Waals surface area contributed by atoms with E-state index in [-0.39, 0.29) is 6.42 Å². The zero-order chi connectivity index (χ0) is 8.20. The van der Waals surface area contributed by atoms with Crippen LogP contribution in [0.2, 0.25) is 0 Å². The molecule has 1 unspecified atom stereocenters. The highest BCUT2D eigenvalue weighted by atomic mass is 16.4. The number of carboxylic acids is 1. The van der Waals surface area contributed by atoms with E-state index in [1.165, 1.54) is 6.08 Å². The minimum atomic E-state index is -1.96. The van der Waals surface area contributed by atoms with Crippen LogP contribution < -0.4 is 5.11 Å². The van der Waals surface area contributed by atoms with E-state index in [0.29, 0.717) is 0 Å². The van der Waals surface area contributed by atoms with Crippen LogP contribution in [0.25, 0.3) is 0 Å². The molecular formula is C7H9O3-. The molecule has 0 heterocycles. The Morgan fingerprint density at radius 3 is 2.30 bits per heavy atom. The van der Waals surface area contributed by atoms with Gasteiger partial charge >= 0.3 is 0 Å². The Balaban J connectivity index is 4.36. The van der Waals surface area contributed by atoms with Crippen LogP contribution in [0.4, 0.5) is 0 Å². The maximum atomic E-state index is 10.2. The number of aliphatic hydroxyl groups is 1. The van der Waals surface area contributed by atoms with Crippen LogP contribution in [-0.4, -0.2) is 16.7 Å². The molecule has 0 amide bonds. The number of aliphatic carboxylic acids is 1. The van der Waals surface area contributed by atoms with E-state index in [1.807, 2.05) is 0 Å². The molecule has 0 rings (SSSR count). The van der Waals surface area contributed by atoms with Crippen molar-refractivity contribution < 1.29 is 15.0 Å². The van der Waals surface area contributed by atoms with Gasteiger partial charge in [0.15, 0.2) is 0 Å². The second-order valence-electron chi connectivity index (χ2n) is 1.91. The molecule has 10 heavy (non-hydrogen) atoms. The number of hydrogen-bond donors (Lipinski definition) is 1. The van der Waals surface area contributed by atoms with Crippen molar-refractivity contribution >= 4 is 5.97 Å². The summed E-state index contributed by atoms with van der Waals surface area (Å²) in [6.45, 7) is 6.43. The van der Waals surface area contributed by atoms with Gasteiger partial charge in [0, 0.05) is 6.42 Å². The Morgan fingerprint density at radius 1 is 1.70 bits per heavy atom. The molecule has 0 aliphatic carbocycles. The minimum Gasteiger partial charge on any atom is -0.547 e. The van der Waals surface area contributed by atoms with Crippen molar-refractivity contribution in [3.8, 4) is 0 Å². The third kappa shape index (κ3) is 1.70. The van der Waals surface area contributed by atoms with Crippen LogP contribution in [0.1, 0.15) is 6.42 Å². The first-order valence-corrected chi connectivity index (χ1v) is 2.75. The Kier molecular flexibility index (Phi) is 2.83. The van der Waals surface area contributed by atoms with Crippen LogP contribution in [0.3, 0.4) is 0 Å². The molecule has 0 aromatic carbocycles. The van der Waals surface area contributed by atoms with Gasteiger partial charge < -0.3 is 15.0 Å². The van der Waals surface area contributed by atoms with Gasteiger partial charge in [0.2, 0.25) is 0 Å². The van der Waals surface area contributed by atoms with E-state index < -0.39 is 11.6 Å². The quantitative estimate of drug-likeness (QED) is 0.523. The van der Waals surface area contributed by atoms with Crippen LogP contribution in [-0.2, 0) is 4.79 Å². The van der Waals surface area contributed by atoms with E-state index in [9.17, 15) is 9.90 Å². The highest BCUT2D eigenvalue weighted by Gasteiger charge is 2.21. The Morgan fingerprint density at radius 2 is 2.20 bits per heavy atom. The van der Waals surface area contributed by atoms with Crippen molar-refractivity contribution in [2.75, 3.05) is 0 Å². The largest absolute Gasteiger partial charge is 0.547 e. The number of carbonyl (C=O) groups is 1. The van der Waals surface area contributed by atoms with Gasteiger partial charge in [0.1, 0.15) is 5.60 Å². The lowest BCUT2D eigenvalue weighted by molar-refractivity contribution is -0.320. The topological polar surface area (TPSA) is 60.4 Å². The van der Waals surface area contributed by atoms with E-state index in [1.54, 1.807) is 0 Å². The normalized spacial score (nSPS) is 15.3. The average Bonchev–Trinajstić information content (AvgIpc) is 1.88. The summed E-state index contributed by atoms with van der Waals surface area (Å²) < 4.78 is 0. The molecule has 3 heteroatoms. The first-order valence-electron chi connectivity index (χ1n) is 2.75. The minimum absolute atomic E-state index is 0.0845. The molecule has 0 saturated carbocycles. The maximum absolute atomic E-state index is 10.2. The molecule has 0 aromatic heterocycles. The number of rotatable bonds is 4. The first-order chi connectivity index (χ1) is 4.56. The highest BCUT2D eigenvalue weighted by Crippen LogP contribution is 2.10. The van der Waals surface area contributed by atoms with Crippen molar-refractivity contribution in [3.63, 3.8) is 0 Å². The van der Waals surface area contributed by atoms with Crippen molar-refractivity contribution in [1.82, 2.24) is 0 Å². The third-order valence-corrected chi connectivity index (χ3v) is 1.15. The van der Waals surface area contributed by atoms with Gasteiger partial charge in [-0.05, 0) is 0 Å². The molecular weight excluding hydrogens is 132 g/mol. The SMILES string of the molecule is C=CCC(O)(C=C)C(=O)[O-]. The predicted octanol–water partition coefficient (Wildman–Crippen LogP) is -0.771. The summed E-state index contributed by atoms with van der Waals surface area (Å²) in [4.78, 5) is 10.2. The van der Waals surface area contributed by atoms with Gasteiger partial charge in [-0.3, -0.25) is 0 Å². The molecule has 0 aliphatic heterocycles. The fourth-order valence-corrected chi connectivity index (χ4v) is 0.470. The number of hydrogen-bond acceptors (Lipinski definition) is 3. The lowest BCUT2D eigenvalue weighted by atomic mass is 10.0. The van der Waals surface area contributed by atoms with Crippen molar-refractivity contribution in [1.29, 1.82) is 0 Å². The van der Waals surface area contributed by atoms with E-state index >= 15 is 0 Å². The predicted molar refractivity (Wildman–Crippen MR) is 35.0 cm³/mol. The van der Waals surface area contributed by atoms with Crippen molar-refractivity contribution in [2.45, 2.75) is 12.0 Å². The molecule has 1 N–H and O–H groups in total. The molecule has 56 valence electrons. The van der Waals surface area contributed by atoms with E-state index in [4.69, 9.17) is 5.11 Å². The van der Waals surface area contributed by atoms with E-state index in [2.05, 4.69) is 13.2 Å². The Bertz CT molecular complexity index is 162. The van der Waals surface area contributed by atoms with Gasteiger partial charge in [-0.1, -0.05) is 18.7 Å². The molecule has 1 atom stereocenters. The second-order valence-corrected chi connectivity index (χ2v) is 1.91. The molecule has 3 nitrogen and oxygen atoms in total. The maximum Gasteiger partial charge on any atom is 0.125 e. The smallest absolute Gasteiger partial charge is 0.125 e. The van der Waals surface area contributed by atoms with Crippen molar-refractivity contribution in [3.05, 3.63) is 25.3 Å². The Labute approximate surface area is 59.3 Å². The summed E-state index contributed by atoms with van der Waals surface area (Å²) in [7, 11) is 0. The van der Waals surface area contributed by atoms with Crippen molar-refractivity contribution in [2.24, 2.45) is 0 Å². The van der Waals surface area contributed by atoms with Crippen LogP contribution in [0.15, 0.2) is 25.3 Å². The van der Waals surface area contributed by atoms with Gasteiger partial charge in [-0.25, -0.2) is 0 Å². The Hall–Kier alpha value is -1.09. The zero-order valence-corrected chi connectivity index (χ0v) is 5.54. The monoisotopic (exact) mass is 141 g/mol. The summed E-state index contributed by atoms with van der Waals surface area (Å²) >= 11 is 0. The molecule has 0 spiro atoms. The molecule has 0 radical (unpaired) electrons. The van der Waals surface area contributed by atoms with Gasteiger partial charge in [0.25, 0.3) is 0 Å². The fraction of sp³-hybridized carbons (Fsp3) is 0.286. The molecule has 0 bridgehead atoms. The summed E-state index contributed by atoms with van der Waals surface area (Å²) in [6, 6.07) is 0. The molecule has 0 aliphatic rings. The summed E-state index contributed by atoms with van der Waals surface area (Å²) in [6.07, 6.45) is 2.13. The molecule has 0 saturated heterocycles. The van der Waals surface area contributed by atoms with Crippen LogP contribution >= 0.6 is 0 Å². The second kappa shape index (κ2) is 3.17. The van der Waals surface area contributed by atoms with Gasteiger partial charge in [0.05, 0.1) is 5.97 Å². The lowest BCUT2D eigenvalue weighted by Gasteiger charge is -2.23. The number of carboxylic acid groups (broad SMARTS) is 1. The fourth-order valence-electron chi connectivity index (χ4n) is 0.470. The highest BCUT2D eigenvalue weighted by molar-refractivity contribution is 5.77. The van der Waals surface area contributed by atoms with Crippen LogP contribution in [0, 0.1) is 0 Å². The zero-order valence-electron chi connectivity index (χ0n) is 5.54. The summed E-state index contributed by atoms with van der Waals surface area (Å²) in [5.74, 6) is -1.55. The summed E-state index contributed by atoms with van der Waals surface area (Å²) in [5.41, 5.74) is -1.96. The standard InChI is InChI=1S/C7H10O3/c1-3-5-7(10,4-2)6(8)9/h3-4,10H,1-2,5H2,(H,8,9)/p-1. The first kappa shape index (κ1) is 8.91. The summed E-state index contributed by atoms with van der Waals surface area (Å²) in [5, 5.41) is 19.2. The van der Waals surface area contributed by atoms with Gasteiger partial charge in [-0.2, -0.15) is 0 Å². The third-order valence-electron chi connectivity index (χ3n) is 1.15. The van der Waals surface area contributed by atoms with E-state index in [0.717, 1.165) is 6.08 Å². The van der Waals surface area contributed by atoms with Crippen LogP contribution in [0.5, 0.6) is 0 Å².